The van der Waals surface area contributed by atoms with Crippen LogP contribution in [-0.2, 0) is 16.1 Å². The van der Waals surface area contributed by atoms with E-state index >= 15 is 0 Å². The summed E-state index contributed by atoms with van der Waals surface area (Å²) in [6, 6.07) is 9.83. The molecule has 0 bridgehead atoms. The summed E-state index contributed by atoms with van der Waals surface area (Å²) in [5.41, 5.74) is 1.08. The highest BCUT2D eigenvalue weighted by molar-refractivity contribution is 5.95. The van der Waals surface area contributed by atoms with E-state index in [1.807, 2.05) is 12.1 Å². The summed E-state index contributed by atoms with van der Waals surface area (Å²) in [6.45, 7) is 1.91. The van der Waals surface area contributed by atoms with E-state index in [9.17, 15) is 9.18 Å². The Morgan fingerprint density at radius 2 is 2.16 bits per heavy atom. The van der Waals surface area contributed by atoms with Gasteiger partial charge >= 0.3 is 0 Å². The lowest BCUT2D eigenvalue weighted by molar-refractivity contribution is 0.00921. The number of rotatable bonds is 4. The molecule has 2 aliphatic heterocycles. The van der Waals surface area contributed by atoms with E-state index in [0.29, 0.717) is 26.4 Å². The first-order chi connectivity index (χ1) is 12.2. The maximum atomic E-state index is 14.0. The Hall–Kier alpha value is -2.31. The third-order valence-corrected chi connectivity index (χ3v) is 4.90. The monoisotopic (exact) mass is 342 g/mol. The van der Waals surface area contributed by atoms with Gasteiger partial charge in [0.05, 0.1) is 37.5 Å². The summed E-state index contributed by atoms with van der Waals surface area (Å²) in [7, 11) is 0. The first-order valence-corrected chi connectivity index (χ1v) is 8.38. The lowest BCUT2D eigenvalue weighted by Gasteiger charge is -2.22. The van der Waals surface area contributed by atoms with E-state index in [4.69, 9.17) is 9.47 Å². The molecule has 2 fully saturated rings. The van der Waals surface area contributed by atoms with Gasteiger partial charge in [0.15, 0.2) is 0 Å². The Morgan fingerprint density at radius 3 is 2.96 bits per heavy atom. The average Bonchev–Trinajstić information content (AvgIpc) is 3.24. The molecule has 0 N–H and O–H groups in total. The van der Waals surface area contributed by atoms with Crippen molar-refractivity contribution in [2.45, 2.75) is 18.8 Å². The molecule has 0 spiro atoms. The summed E-state index contributed by atoms with van der Waals surface area (Å²) in [4.78, 5) is 18.6. The van der Waals surface area contributed by atoms with Crippen LogP contribution in [0.1, 0.15) is 15.9 Å². The van der Waals surface area contributed by atoms with E-state index in [2.05, 4.69) is 4.98 Å². The number of hydrogen-bond acceptors (Lipinski definition) is 4. The zero-order valence-electron chi connectivity index (χ0n) is 13.7. The molecule has 4 rings (SSSR count). The molecule has 1 amide bonds. The molecule has 130 valence electrons. The van der Waals surface area contributed by atoms with Gasteiger partial charge in [0.25, 0.3) is 5.91 Å². The van der Waals surface area contributed by atoms with Gasteiger partial charge < -0.3 is 14.4 Å². The molecule has 0 aliphatic carbocycles. The largest absolute Gasteiger partial charge is 0.379 e. The van der Waals surface area contributed by atoms with Crippen molar-refractivity contribution >= 4 is 5.91 Å². The molecule has 5 nitrogen and oxygen atoms in total. The Bertz CT molecular complexity index is 755. The van der Waals surface area contributed by atoms with Crippen LogP contribution < -0.4 is 0 Å². The minimum atomic E-state index is -0.498. The average molecular weight is 342 g/mol. The zero-order valence-corrected chi connectivity index (χ0v) is 13.7. The van der Waals surface area contributed by atoms with Crippen molar-refractivity contribution in [2.75, 3.05) is 19.8 Å². The highest BCUT2D eigenvalue weighted by Gasteiger charge is 2.48. The molecule has 0 saturated carbocycles. The number of amides is 1. The number of aromatic nitrogens is 1. The third kappa shape index (κ3) is 3.15. The van der Waals surface area contributed by atoms with Gasteiger partial charge in [0.2, 0.25) is 0 Å². The third-order valence-electron chi connectivity index (χ3n) is 4.90. The molecule has 1 aromatic heterocycles. The molecular weight excluding hydrogens is 323 g/mol. The molecule has 6 heteroatoms. The number of benzene rings is 1. The Balaban J connectivity index is 1.49. The molecule has 2 aromatic rings. The molecule has 0 radical (unpaired) electrons. The second-order valence-electron chi connectivity index (χ2n) is 6.42. The van der Waals surface area contributed by atoms with Gasteiger partial charge in [0.1, 0.15) is 5.82 Å². The predicted octanol–water partition coefficient (Wildman–Crippen LogP) is 2.28. The van der Waals surface area contributed by atoms with Crippen LogP contribution in [0.5, 0.6) is 0 Å². The first kappa shape index (κ1) is 16.2. The smallest absolute Gasteiger partial charge is 0.257 e. The highest BCUT2D eigenvalue weighted by atomic mass is 19.1. The van der Waals surface area contributed by atoms with Crippen LogP contribution in [0.2, 0.25) is 0 Å². The van der Waals surface area contributed by atoms with Crippen LogP contribution in [0.4, 0.5) is 4.39 Å². The first-order valence-electron chi connectivity index (χ1n) is 8.38. The number of fused-ring (bicyclic) bond motifs is 1. The van der Waals surface area contributed by atoms with Gasteiger partial charge in [-0.15, -0.1) is 0 Å². The molecule has 3 atom stereocenters. The highest BCUT2D eigenvalue weighted by Crippen LogP contribution is 2.33. The number of hydrogen-bond donors (Lipinski definition) is 0. The standard InChI is InChI=1S/C19H19FN2O3/c20-16-6-2-1-5-14(16)19(23)22-9-18(15-11-24-12-17(15)22)25-10-13-4-3-7-21-8-13/h1-8,15,17-18H,9-12H2/t15-,17+,18+/m1/s1. The molecule has 25 heavy (non-hydrogen) atoms. The summed E-state index contributed by atoms with van der Waals surface area (Å²) in [6.07, 6.45) is 3.36. The van der Waals surface area contributed by atoms with E-state index in [1.165, 1.54) is 12.1 Å². The van der Waals surface area contributed by atoms with Gasteiger partial charge in [-0.25, -0.2) is 4.39 Å². The minimum absolute atomic E-state index is 0.0639. The normalized spacial score (nSPS) is 25.2. The maximum absolute atomic E-state index is 14.0. The Labute approximate surface area is 145 Å². The van der Waals surface area contributed by atoms with E-state index in [-0.39, 0.29) is 29.5 Å². The summed E-state index contributed by atoms with van der Waals surface area (Å²) in [5.74, 6) is -0.679. The van der Waals surface area contributed by atoms with Gasteiger partial charge in [-0.05, 0) is 23.8 Å². The molecule has 2 saturated heterocycles. The summed E-state index contributed by atoms with van der Waals surface area (Å²) < 4.78 is 25.6. The lowest BCUT2D eigenvalue weighted by atomic mass is 10.0. The van der Waals surface area contributed by atoms with Crippen molar-refractivity contribution in [1.29, 1.82) is 0 Å². The number of likely N-dealkylation sites (tertiary alicyclic amines) is 1. The molecule has 0 unspecified atom stereocenters. The quantitative estimate of drug-likeness (QED) is 0.855. The van der Waals surface area contributed by atoms with Crippen molar-refractivity contribution in [3.8, 4) is 0 Å². The summed E-state index contributed by atoms with van der Waals surface area (Å²) >= 11 is 0. The molecule has 2 aliphatic rings. The maximum Gasteiger partial charge on any atom is 0.257 e. The molecule has 3 heterocycles. The van der Waals surface area contributed by atoms with Crippen LogP contribution in [-0.4, -0.2) is 47.7 Å². The second kappa shape index (κ2) is 6.90. The SMILES string of the molecule is O=C(c1ccccc1F)N1C[C@H](OCc2cccnc2)[C@@H]2COC[C@@H]21. The van der Waals surface area contributed by atoms with E-state index < -0.39 is 5.82 Å². The fraction of sp³-hybridized carbons (Fsp3) is 0.368. The van der Waals surface area contributed by atoms with Crippen LogP contribution in [0.15, 0.2) is 48.8 Å². The number of carbonyl (C=O) groups is 1. The van der Waals surface area contributed by atoms with Crippen LogP contribution >= 0.6 is 0 Å². The van der Waals surface area contributed by atoms with Gasteiger partial charge in [-0.1, -0.05) is 18.2 Å². The van der Waals surface area contributed by atoms with Crippen LogP contribution in [0.3, 0.4) is 0 Å². The van der Waals surface area contributed by atoms with Crippen molar-refractivity contribution in [2.24, 2.45) is 5.92 Å². The summed E-state index contributed by atoms with van der Waals surface area (Å²) in [5, 5.41) is 0. The Morgan fingerprint density at radius 1 is 1.28 bits per heavy atom. The van der Waals surface area contributed by atoms with Gasteiger partial charge in [-0.2, -0.15) is 0 Å². The van der Waals surface area contributed by atoms with E-state index in [0.717, 1.165) is 5.56 Å². The predicted molar refractivity (Wildman–Crippen MR) is 88.3 cm³/mol. The number of pyridine rings is 1. The second-order valence-corrected chi connectivity index (χ2v) is 6.42. The number of nitrogens with zero attached hydrogens (tertiary/aromatic N) is 2. The number of halogens is 1. The topological polar surface area (TPSA) is 51.7 Å². The zero-order chi connectivity index (χ0) is 17.2. The van der Waals surface area contributed by atoms with Crippen molar-refractivity contribution in [3.63, 3.8) is 0 Å². The fourth-order valence-electron chi connectivity index (χ4n) is 3.59. The van der Waals surface area contributed by atoms with Gasteiger partial charge in [0, 0.05) is 24.9 Å². The Kier molecular flexibility index (Phi) is 4.46. The van der Waals surface area contributed by atoms with Crippen molar-refractivity contribution in [1.82, 2.24) is 9.88 Å². The van der Waals surface area contributed by atoms with Crippen LogP contribution in [0.25, 0.3) is 0 Å². The number of ether oxygens (including phenoxy) is 2. The van der Waals surface area contributed by atoms with E-state index in [1.54, 1.807) is 29.4 Å². The minimum Gasteiger partial charge on any atom is -0.379 e. The molecular formula is C19H19FN2O3. The molecule has 1 aromatic carbocycles. The van der Waals surface area contributed by atoms with Crippen molar-refractivity contribution in [3.05, 3.63) is 65.7 Å². The van der Waals surface area contributed by atoms with Crippen LogP contribution in [0, 0.1) is 11.7 Å². The number of carbonyl (C=O) groups excluding carboxylic acids is 1. The lowest BCUT2D eigenvalue weighted by Crippen LogP contribution is -2.38. The van der Waals surface area contributed by atoms with Gasteiger partial charge in [-0.3, -0.25) is 9.78 Å². The van der Waals surface area contributed by atoms with Crippen molar-refractivity contribution < 1.29 is 18.7 Å². The fourth-order valence-corrected chi connectivity index (χ4v) is 3.59.